The average molecular weight is 297 g/mol. The van der Waals surface area contributed by atoms with E-state index in [1.165, 1.54) is 21.6 Å². The molecule has 2 N–H and O–H groups in total. The van der Waals surface area contributed by atoms with E-state index in [9.17, 15) is 4.79 Å². The van der Waals surface area contributed by atoms with Crippen LogP contribution in [0, 0.1) is 6.92 Å². The number of carbonyl (C=O) groups excluding carboxylic acids is 1. The van der Waals surface area contributed by atoms with Crippen LogP contribution in [0.25, 0.3) is 0 Å². The van der Waals surface area contributed by atoms with E-state index in [-0.39, 0.29) is 5.91 Å². The second-order valence-electron chi connectivity index (χ2n) is 5.82. The molecule has 1 unspecified atom stereocenters. The minimum atomic E-state index is 0.113. The van der Waals surface area contributed by atoms with Gasteiger partial charge in [-0.3, -0.25) is 4.79 Å². The van der Waals surface area contributed by atoms with Crippen LogP contribution in [-0.2, 0) is 17.8 Å². The second kappa shape index (κ2) is 8.35. The van der Waals surface area contributed by atoms with Gasteiger partial charge in [-0.2, -0.15) is 0 Å². The average Bonchev–Trinajstić information content (AvgIpc) is 2.50. The van der Waals surface area contributed by atoms with Crippen LogP contribution in [0.3, 0.4) is 0 Å². The predicted molar refractivity (Wildman–Crippen MR) is 89.8 cm³/mol. The first-order valence-electron chi connectivity index (χ1n) is 7.81. The number of amides is 1. The lowest BCUT2D eigenvalue weighted by atomic mass is 10.1. The molecule has 2 aromatic carbocycles. The van der Waals surface area contributed by atoms with E-state index < -0.39 is 0 Å². The fourth-order valence-corrected chi connectivity index (χ4v) is 2.57. The first-order valence-corrected chi connectivity index (χ1v) is 7.81. The molecule has 1 amide bonds. The van der Waals surface area contributed by atoms with Crippen LogP contribution >= 0.6 is 0 Å². The van der Waals surface area contributed by atoms with Crippen molar-refractivity contribution in [2.45, 2.75) is 19.9 Å². The third kappa shape index (κ3) is 5.34. The molecule has 0 spiro atoms. The molecule has 3 heteroatoms. The number of aryl methyl sites for hydroxylation is 1. The lowest BCUT2D eigenvalue weighted by Crippen LogP contribution is -3.08. The zero-order valence-electron chi connectivity index (χ0n) is 13.4. The molecule has 0 bridgehead atoms. The molecule has 1 atom stereocenters. The fourth-order valence-electron chi connectivity index (χ4n) is 2.57. The number of carbonyl (C=O) groups is 1. The maximum atomic E-state index is 12.0. The Hall–Kier alpha value is -2.13. The molecule has 0 aliphatic carbocycles. The number of nitrogens with one attached hydrogen (secondary N) is 2. The summed E-state index contributed by atoms with van der Waals surface area (Å²) in [6.07, 6.45) is 0.885. The molecule has 3 nitrogen and oxygen atoms in total. The fraction of sp³-hybridized carbons (Fsp3) is 0.316. The first-order chi connectivity index (χ1) is 10.6. The molecule has 0 aliphatic heterocycles. The largest absolute Gasteiger partial charge is 0.351 e. The van der Waals surface area contributed by atoms with E-state index >= 15 is 0 Å². The van der Waals surface area contributed by atoms with Gasteiger partial charge >= 0.3 is 0 Å². The topological polar surface area (TPSA) is 33.5 Å². The van der Waals surface area contributed by atoms with E-state index in [0.29, 0.717) is 13.1 Å². The van der Waals surface area contributed by atoms with Crippen molar-refractivity contribution in [3.8, 4) is 0 Å². The van der Waals surface area contributed by atoms with Crippen molar-refractivity contribution in [2.75, 3.05) is 20.1 Å². The Kier molecular flexibility index (Phi) is 6.16. The highest BCUT2D eigenvalue weighted by Gasteiger charge is 2.10. The summed E-state index contributed by atoms with van der Waals surface area (Å²) in [5.41, 5.74) is 3.84. The number of benzene rings is 2. The minimum Gasteiger partial charge on any atom is -0.351 e. The Labute approximate surface area is 133 Å². The van der Waals surface area contributed by atoms with E-state index in [1.54, 1.807) is 0 Å². The standard InChI is InChI=1S/C19H24N2O/c1-16-8-6-7-11-18(16)12-13-20-19(22)15-21(2)14-17-9-4-3-5-10-17/h3-11H,12-15H2,1-2H3,(H,20,22)/p+1. The molecule has 0 heterocycles. The smallest absolute Gasteiger partial charge is 0.275 e. The van der Waals surface area contributed by atoms with Gasteiger partial charge in [0.15, 0.2) is 6.54 Å². The van der Waals surface area contributed by atoms with Gasteiger partial charge in [0.1, 0.15) is 6.54 Å². The van der Waals surface area contributed by atoms with Gasteiger partial charge in [-0.15, -0.1) is 0 Å². The van der Waals surface area contributed by atoms with Crippen LogP contribution in [0.5, 0.6) is 0 Å². The van der Waals surface area contributed by atoms with Crippen LogP contribution in [0.4, 0.5) is 0 Å². The Morgan fingerprint density at radius 3 is 2.45 bits per heavy atom. The lowest BCUT2D eigenvalue weighted by Gasteiger charge is -2.14. The Balaban J connectivity index is 1.70. The van der Waals surface area contributed by atoms with Gasteiger partial charge in [0.25, 0.3) is 5.91 Å². The maximum absolute atomic E-state index is 12.0. The summed E-state index contributed by atoms with van der Waals surface area (Å²) in [4.78, 5) is 13.2. The Morgan fingerprint density at radius 2 is 1.73 bits per heavy atom. The van der Waals surface area contributed by atoms with E-state index in [4.69, 9.17) is 0 Å². The highest BCUT2D eigenvalue weighted by molar-refractivity contribution is 5.76. The molecule has 22 heavy (non-hydrogen) atoms. The summed E-state index contributed by atoms with van der Waals surface area (Å²) in [6, 6.07) is 18.6. The summed E-state index contributed by atoms with van der Waals surface area (Å²) in [7, 11) is 2.05. The van der Waals surface area contributed by atoms with Crippen molar-refractivity contribution < 1.29 is 9.69 Å². The highest BCUT2D eigenvalue weighted by Crippen LogP contribution is 2.06. The quantitative estimate of drug-likeness (QED) is 0.795. The lowest BCUT2D eigenvalue weighted by molar-refractivity contribution is -0.885. The van der Waals surface area contributed by atoms with Crippen LogP contribution in [0.15, 0.2) is 54.6 Å². The zero-order chi connectivity index (χ0) is 15.8. The molecule has 0 saturated carbocycles. The minimum absolute atomic E-state index is 0.113. The molecule has 0 radical (unpaired) electrons. The summed E-state index contributed by atoms with van der Waals surface area (Å²) in [5.74, 6) is 0.113. The number of quaternary nitrogens is 1. The van der Waals surface area contributed by atoms with Crippen molar-refractivity contribution >= 4 is 5.91 Å². The SMILES string of the molecule is Cc1ccccc1CCNC(=O)C[NH+](C)Cc1ccccc1. The molecule has 2 aromatic rings. The van der Waals surface area contributed by atoms with Crippen LogP contribution in [-0.4, -0.2) is 26.0 Å². The van der Waals surface area contributed by atoms with E-state index in [1.807, 2.05) is 37.4 Å². The van der Waals surface area contributed by atoms with Crippen molar-refractivity contribution in [3.63, 3.8) is 0 Å². The predicted octanol–water partition coefficient (Wildman–Crippen LogP) is 1.37. The van der Waals surface area contributed by atoms with Gasteiger partial charge in [0, 0.05) is 12.1 Å². The summed E-state index contributed by atoms with van der Waals surface area (Å²) >= 11 is 0. The first kappa shape index (κ1) is 16.2. The molecule has 0 fully saturated rings. The number of hydrogen-bond donors (Lipinski definition) is 2. The monoisotopic (exact) mass is 297 g/mol. The van der Waals surface area contributed by atoms with Crippen LogP contribution in [0.1, 0.15) is 16.7 Å². The van der Waals surface area contributed by atoms with Crippen molar-refractivity contribution in [1.82, 2.24) is 5.32 Å². The molecular formula is C19H25N2O+. The van der Waals surface area contributed by atoms with Gasteiger partial charge in [-0.1, -0.05) is 54.6 Å². The van der Waals surface area contributed by atoms with Crippen molar-refractivity contribution in [3.05, 3.63) is 71.3 Å². The van der Waals surface area contributed by atoms with Crippen molar-refractivity contribution in [2.24, 2.45) is 0 Å². The molecule has 0 saturated heterocycles. The van der Waals surface area contributed by atoms with Gasteiger partial charge in [-0.25, -0.2) is 0 Å². The number of hydrogen-bond acceptors (Lipinski definition) is 1. The third-order valence-electron chi connectivity index (χ3n) is 3.79. The summed E-state index contributed by atoms with van der Waals surface area (Å²) in [5, 5.41) is 3.02. The normalized spacial score (nSPS) is 11.9. The van der Waals surface area contributed by atoms with Gasteiger partial charge < -0.3 is 10.2 Å². The van der Waals surface area contributed by atoms with Crippen LogP contribution in [0.2, 0.25) is 0 Å². The molecular weight excluding hydrogens is 272 g/mol. The Bertz CT molecular complexity index is 595. The Morgan fingerprint density at radius 1 is 1.05 bits per heavy atom. The third-order valence-corrected chi connectivity index (χ3v) is 3.79. The van der Waals surface area contributed by atoms with Crippen molar-refractivity contribution in [1.29, 1.82) is 0 Å². The van der Waals surface area contributed by atoms with Crippen LogP contribution < -0.4 is 10.2 Å². The van der Waals surface area contributed by atoms with E-state index in [2.05, 4.69) is 36.5 Å². The second-order valence-corrected chi connectivity index (χ2v) is 5.82. The highest BCUT2D eigenvalue weighted by atomic mass is 16.2. The van der Waals surface area contributed by atoms with Gasteiger partial charge in [0.2, 0.25) is 0 Å². The molecule has 116 valence electrons. The zero-order valence-corrected chi connectivity index (χ0v) is 13.4. The summed E-state index contributed by atoms with van der Waals surface area (Å²) < 4.78 is 0. The number of rotatable bonds is 7. The molecule has 2 rings (SSSR count). The molecule has 0 aromatic heterocycles. The summed E-state index contributed by atoms with van der Waals surface area (Å²) in [6.45, 7) is 4.17. The van der Waals surface area contributed by atoms with Gasteiger partial charge in [0.05, 0.1) is 7.05 Å². The van der Waals surface area contributed by atoms with E-state index in [0.717, 1.165) is 13.0 Å². The van der Waals surface area contributed by atoms with Gasteiger partial charge in [-0.05, 0) is 24.5 Å². The molecule has 0 aliphatic rings. The number of likely N-dealkylation sites (N-methyl/N-ethyl adjacent to an activating group) is 1. The maximum Gasteiger partial charge on any atom is 0.275 e.